The molecule has 1 aromatic carbocycles. The Balaban J connectivity index is 2.30. The summed E-state index contributed by atoms with van der Waals surface area (Å²) in [5.41, 5.74) is 2.57. The van der Waals surface area contributed by atoms with Crippen LogP contribution >= 0.6 is 0 Å². The summed E-state index contributed by atoms with van der Waals surface area (Å²) in [5.74, 6) is 0.532. The lowest BCUT2D eigenvalue weighted by Gasteiger charge is -2.11. The number of benzene rings is 1. The highest BCUT2D eigenvalue weighted by molar-refractivity contribution is 5.52. The number of aliphatic hydroxyl groups excluding tert-OH is 1. The monoisotopic (exact) mass is 233 g/mol. The second-order valence-corrected chi connectivity index (χ2v) is 4.65. The first kappa shape index (κ1) is 13.9. The highest BCUT2D eigenvalue weighted by Gasteiger charge is 2.00. The summed E-state index contributed by atoms with van der Waals surface area (Å²) in [4.78, 5) is 0. The summed E-state index contributed by atoms with van der Waals surface area (Å²) in [6, 6.07) is 10.4. The van der Waals surface area contributed by atoms with Gasteiger partial charge in [0.15, 0.2) is 0 Å². The first-order valence-corrected chi connectivity index (χ1v) is 6.26. The van der Waals surface area contributed by atoms with Crippen molar-refractivity contribution in [2.75, 3.05) is 19.7 Å². The van der Waals surface area contributed by atoms with E-state index in [-0.39, 0.29) is 6.61 Å². The molecule has 0 spiro atoms. The summed E-state index contributed by atoms with van der Waals surface area (Å²) in [6.45, 7) is 6.43. The molecule has 0 fully saturated rings. The molecule has 0 aliphatic rings. The fraction of sp³-hybridized carbons (Fsp3) is 0.467. The van der Waals surface area contributed by atoms with Crippen molar-refractivity contribution in [1.82, 2.24) is 5.32 Å². The summed E-state index contributed by atoms with van der Waals surface area (Å²) in [5, 5.41) is 12.2. The van der Waals surface area contributed by atoms with E-state index in [4.69, 9.17) is 5.11 Å². The molecule has 94 valence electrons. The third kappa shape index (κ3) is 6.25. The van der Waals surface area contributed by atoms with Gasteiger partial charge in [0.2, 0.25) is 0 Å². The minimum absolute atomic E-state index is 0.279. The van der Waals surface area contributed by atoms with Crippen LogP contribution in [-0.4, -0.2) is 24.8 Å². The summed E-state index contributed by atoms with van der Waals surface area (Å²) in [6.07, 6.45) is 3.07. The van der Waals surface area contributed by atoms with Gasteiger partial charge in [0.25, 0.3) is 0 Å². The SMILES string of the molecule is C/C(=C\c1ccccc1)CNCC(C)CCO. The zero-order valence-electron chi connectivity index (χ0n) is 10.8. The predicted octanol–water partition coefficient (Wildman–Crippen LogP) is 2.70. The predicted molar refractivity (Wildman–Crippen MR) is 73.8 cm³/mol. The lowest BCUT2D eigenvalue weighted by Crippen LogP contribution is -2.23. The molecule has 2 heteroatoms. The van der Waals surface area contributed by atoms with Gasteiger partial charge in [0, 0.05) is 13.2 Å². The first-order chi connectivity index (χ1) is 8.22. The molecule has 0 saturated heterocycles. The summed E-state index contributed by atoms with van der Waals surface area (Å²) >= 11 is 0. The zero-order valence-corrected chi connectivity index (χ0v) is 10.8. The van der Waals surface area contributed by atoms with Crippen molar-refractivity contribution < 1.29 is 5.11 Å². The van der Waals surface area contributed by atoms with Crippen molar-refractivity contribution in [3.05, 3.63) is 41.5 Å². The third-order valence-corrected chi connectivity index (χ3v) is 2.73. The molecule has 0 radical (unpaired) electrons. The van der Waals surface area contributed by atoms with Crippen molar-refractivity contribution in [2.24, 2.45) is 5.92 Å². The molecule has 0 amide bonds. The zero-order chi connectivity index (χ0) is 12.5. The highest BCUT2D eigenvalue weighted by Crippen LogP contribution is 2.05. The first-order valence-electron chi connectivity index (χ1n) is 6.26. The largest absolute Gasteiger partial charge is 0.396 e. The maximum absolute atomic E-state index is 8.80. The van der Waals surface area contributed by atoms with E-state index in [0.717, 1.165) is 19.5 Å². The third-order valence-electron chi connectivity index (χ3n) is 2.73. The Bertz CT molecular complexity index is 332. The molecule has 1 unspecified atom stereocenters. The van der Waals surface area contributed by atoms with Crippen LogP contribution in [0.15, 0.2) is 35.9 Å². The topological polar surface area (TPSA) is 32.3 Å². The maximum atomic E-state index is 8.80. The molecule has 1 atom stereocenters. The number of hydrogen-bond donors (Lipinski definition) is 2. The van der Waals surface area contributed by atoms with Gasteiger partial charge in [-0.1, -0.05) is 48.9 Å². The van der Waals surface area contributed by atoms with Crippen molar-refractivity contribution >= 4 is 6.08 Å². The van der Waals surface area contributed by atoms with Gasteiger partial charge in [0.1, 0.15) is 0 Å². The minimum Gasteiger partial charge on any atom is -0.396 e. The van der Waals surface area contributed by atoms with E-state index >= 15 is 0 Å². The van der Waals surface area contributed by atoms with Gasteiger partial charge < -0.3 is 10.4 Å². The fourth-order valence-electron chi connectivity index (χ4n) is 1.72. The average molecular weight is 233 g/mol. The molecule has 0 saturated carbocycles. The number of nitrogens with one attached hydrogen (secondary N) is 1. The van der Waals surface area contributed by atoms with E-state index in [9.17, 15) is 0 Å². The summed E-state index contributed by atoms with van der Waals surface area (Å²) in [7, 11) is 0. The quantitative estimate of drug-likeness (QED) is 0.759. The second kappa shape index (κ2) is 8.04. The van der Waals surface area contributed by atoms with Gasteiger partial charge in [-0.25, -0.2) is 0 Å². The van der Waals surface area contributed by atoms with Crippen molar-refractivity contribution in [2.45, 2.75) is 20.3 Å². The van der Waals surface area contributed by atoms with Gasteiger partial charge >= 0.3 is 0 Å². The smallest absolute Gasteiger partial charge is 0.0434 e. The number of rotatable bonds is 7. The Morgan fingerprint density at radius 3 is 2.71 bits per heavy atom. The molecule has 2 N–H and O–H groups in total. The van der Waals surface area contributed by atoms with Crippen LogP contribution < -0.4 is 5.32 Å². The van der Waals surface area contributed by atoms with Crippen molar-refractivity contribution in [3.8, 4) is 0 Å². The lowest BCUT2D eigenvalue weighted by molar-refractivity contribution is 0.261. The van der Waals surface area contributed by atoms with Crippen LogP contribution in [-0.2, 0) is 0 Å². The van der Waals surface area contributed by atoms with E-state index in [1.165, 1.54) is 11.1 Å². The summed E-state index contributed by atoms with van der Waals surface area (Å²) < 4.78 is 0. The molecular weight excluding hydrogens is 210 g/mol. The molecule has 1 rings (SSSR count). The Morgan fingerprint density at radius 1 is 1.35 bits per heavy atom. The van der Waals surface area contributed by atoms with E-state index in [1.54, 1.807) is 0 Å². The second-order valence-electron chi connectivity index (χ2n) is 4.65. The van der Waals surface area contributed by atoms with E-state index in [0.29, 0.717) is 5.92 Å². The molecule has 0 heterocycles. The van der Waals surface area contributed by atoms with Crippen LogP contribution in [0.4, 0.5) is 0 Å². The van der Waals surface area contributed by atoms with Gasteiger partial charge in [-0.15, -0.1) is 0 Å². The molecule has 1 aromatic rings. The van der Waals surface area contributed by atoms with Crippen LogP contribution in [0.3, 0.4) is 0 Å². The normalized spacial score (nSPS) is 13.7. The van der Waals surface area contributed by atoms with Crippen molar-refractivity contribution in [1.29, 1.82) is 0 Å². The van der Waals surface area contributed by atoms with Gasteiger partial charge in [-0.2, -0.15) is 0 Å². The van der Waals surface area contributed by atoms with Gasteiger partial charge in [-0.3, -0.25) is 0 Å². The maximum Gasteiger partial charge on any atom is 0.0434 e. The van der Waals surface area contributed by atoms with Crippen LogP contribution in [0.1, 0.15) is 25.8 Å². The van der Waals surface area contributed by atoms with Crippen LogP contribution in [0, 0.1) is 5.92 Å². The van der Waals surface area contributed by atoms with E-state index in [2.05, 4.69) is 49.5 Å². The van der Waals surface area contributed by atoms with Crippen LogP contribution in [0.2, 0.25) is 0 Å². The molecule has 0 bridgehead atoms. The average Bonchev–Trinajstić information content (AvgIpc) is 2.30. The molecule has 0 aliphatic heterocycles. The van der Waals surface area contributed by atoms with E-state index < -0.39 is 0 Å². The van der Waals surface area contributed by atoms with E-state index in [1.807, 2.05) is 6.07 Å². The minimum atomic E-state index is 0.279. The number of aliphatic hydroxyl groups is 1. The Hall–Kier alpha value is -1.12. The van der Waals surface area contributed by atoms with Crippen LogP contribution in [0.5, 0.6) is 0 Å². The van der Waals surface area contributed by atoms with Gasteiger partial charge in [0.05, 0.1) is 0 Å². The number of hydrogen-bond acceptors (Lipinski definition) is 2. The molecular formula is C15H23NO. The standard InChI is InChI=1S/C15H23NO/c1-13(8-9-17)11-16-12-14(2)10-15-6-4-3-5-7-15/h3-7,10,13,16-17H,8-9,11-12H2,1-2H3/b14-10+. The van der Waals surface area contributed by atoms with Crippen LogP contribution in [0.25, 0.3) is 6.08 Å². The fourth-order valence-corrected chi connectivity index (χ4v) is 1.72. The highest BCUT2D eigenvalue weighted by atomic mass is 16.3. The molecule has 2 nitrogen and oxygen atoms in total. The molecule has 0 aliphatic carbocycles. The van der Waals surface area contributed by atoms with Gasteiger partial charge in [-0.05, 0) is 31.4 Å². The Kier molecular flexibility index (Phi) is 6.60. The molecule has 17 heavy (non-hydrogen) atoms. The Morgan fingerprint density at radius 2 is 2.06 bits per heavy atom. The molecule has 0 aromatic heterocycles. The lowest BCUT2D eigenvalue weighted by atomic mass is 10.1. The van der Waals surface area contributed by atoms with Crippen molar-refractivity contribution in [3.63, 3.8) is 0 Å². The Labute approximate surface area is 104 Å².